The number of aromatic nitrogens is 2. The molecule has 3 heterocycles. The van der Waals surface area contributed by atoms with Crippen molar-refractivity contribution in [3.63, 3.8) is 0 Å². The Balaban J connectivity index is 1.99. The summed E-state index contributed by atoms with van der Waals surface area (Å²) in [5.41, 5.74) is 4.22. The van der Waals surface area contributed by atoms with Crippen LogP contribution in [0.4, 0.5) is 4.39 Å². The Kier molecular flexibility index (Phi) is 2.99. The third kappa shape index (κ3) is 2.02. The van der Waals surface area contributed by atoms with Crippen molar-refractivity contribution < 1.29 is 4.39 Å². The van der Waals surface area contributed by atoms with Gasteiger partial charge in [-0.05, 0) is 55.8 Å². The summed E-state index contributed by atoms with van der Waals surface area (Å²) in [5, 5.41) is 4.45. The first-order chi connectivity index (χ1) is 11.3. The van der Waals surface area contributed by atoms with E-state index in [4.69, 9.17) is 4.99 Å². The highest BCUT2D eigenvalue weighted by atomic mass is 19.1. The number of rotatable bonds is 1. The van der Waals surface area contributed by atoms with Gasteiger partial charge in [0.25, 0.3) is 0 Å². The largest absolute Gasteiger partial charge is 0.277 e. The lowest BCUT2D eigenvalue weighted by molar-refractivity contribution is 0.302. The van der Waals surface area contributed by atoms with E-state index in [1.54, 1.807) is 6.07 Å². The molecule has 0 radical (unpaired) electrons. The lowest BCUT2D eigenvalue weighted by atomic mass is 9.66. The Morgan fingerprint density at radius 3 is 2.62 bits per heavy atom. The second-order valence-corrected chi connectivity index (χ2v) is 7.46. The lowest BCUT2D eigenvalue weighted by Gasteiger charge is -2.44. The average molecular weight is 321 g/mol. The van der Waals surface area contributed by atoms with Gasteiger partial charge >= 0.3 is 0 Å². The molecule has 0 fully saturated rings. The van der Waals surface area contributed by atoms with E-state index in [-0.39, 0.29) is 16.8 Å². The van der Waals surface area contributed by atoms with Gasteiger partial charge in [-0.25, -0.2) is 8.91 Å². The minimum atomic E-state index is -0.350. The van der Waals surface area contributed by atoms with Gasteiger partial charge in [0.15, 0.2) is 0 Å². The summed E-state index contributed by atoms with van der Waals surface area (Å²) >= 11 is 0. The first-order valence-electron chi connectivity index (χ1n) is 8.14. The number of halogens is 1. The molecule has 0 saturated heterocycles. The fourth-order valence-corrected chi connectivity index (χ4v) is 3.32. The molecule has 0 N–H and O–H groups in total. The lowest BCUT2D eigenvalue weighted by Crippen LogP contribution is -2.46. The standard InChI is InChI=1S/C20H20FN3/c1-19(2)17-11-14(21)7-8-16(17)18(23-20(19,3)4)13-10-15-6-5-9-24(15)22-12-13/h5-12H,1-4H3. The van der Waals surface area contributed by atoms with Crippen LogP contribution in [0.5, 0.6) is 0 Å². The number of aliphatic imine (C=N–C) groups is 1. The van der Waals surface area contributed by atoms with Crippen LogP contribution in [0.1, 0.15) is 44.4 Å². The Bertz CT molecular complexity index is 979. The van der Waals surface area contributed by atoms with Gasteiger partial charge < -0.3 is 0 Å². The maximum Gasteiger partial charge on any atom is 0.123 e. The van der Waals surface area contributed by atoms with E-state index in [0.29, 0.717) is 0 Å². The van der Waals surface area contributed by atoms with Gasteiger partial charge in [-0.3, -0.25) is 4.99 Å². The monoisotopic (exact) mass is 321 g/mol. The van der Waals surface area contributed by atoms with E-state index in [1.807, 2.05) is 35.1 Å². The van der Waals surface area contributed by atoms with Gasteiger partial charge in [-0.2, -0.15) is 5.10 Å². The van der Waals surface area contributed by atoms with Gasteiger partial charge in [0.1, 0.15) is 5.82 Å². The molecule has 4 heteroatoms. The molecule has 0 bridgehead atoms. The van der Waals surface area contributed by atoms with E-state index in [2.05, 4.69) is 38.9 Å². The summed E-state index contributed by atoms with van der Waals surface area (Å²) in [6.45, 7) is 8.45. The van der Waals surface area contributed by atoms with Gasteiger partial charge in [0, 0.05) is 22.7 Å². The zero-order chi connectivity index (χ0) is 17.1. The van der Waals surface area contributed by atoms with Crippen LogP contribution in [0.3, 0.4) is 0 Å². The molecule has 0 spiro atoms. The van der Waals surface area contributed by atoms with Crippen LogP contribution < -0.4 is 0 Å². The maximum absolute atomic E-state index is 13.9. The second kappa shape index (κ2) is 4.76. The summed E-state index contributed by atoms with van der Waals surface area (Å²) in [6.07, 6.45) is 3.74. The van der Waals surface area contributed by atoms with E-state index in [9.17, 15) is 4.39 Å². The molecule has 3 nitrogen and oxygen atoms in total. The Hall–Kier alpha value is -2.49. The molecule has 0 atom stereocenters. The van der Waals surface area contributed by atoms with Crippen LogP contribution in [0.25, 0.3) is 5.52 Å². The van der Waals surface area contributed by atoms with Crippen LogP contribution in [0.15, 0.2) is 53.8 Å². The van der Waals surface area contributed by atoms with Gasteiger partial charge in [-0.15, -0.1) is 0 Å². The quantitative estimate of drug-likeness (QED) is 0.654. The van der Waals surface area contributed by atoms with Crippen molar-refractivity contribution in [2.45, 2.75) is 38.6 Å². The van der Waals surface area contributed by atoms with Crippen molar-refractivity contribution >= 4 is 11.2 Å². The average Bonchev–Trinajstić information content (AvgIpc) is 2.99. The molecular formula is C20H20FN3. The number of hydrogen-bond acceptors (Lipinski definition) is 2. The van der Waals surface area contributed by atoms with Crippen molar-refractivity contribution in [3.05, 3.63) is 71.3 Å². The van der Waals surface area contributed by atoms with Crippen LogP contribution in [0.2, 0.25) is 0 Å². The highest BCUT2D eigenvalue weighted by Crippen LogP contribution is 2.44. The first kappa shape index (κ1) is 15.1. The third-order valence-electron chi connectivity index (χ3n) is 5.49. The molecule has 0 aliphatic carbocycles. The fraction of sp³-hybridized carbons (Fsp3) is 0.300. The Labute approximate surface area is 140 Å². The molecule has 24 heavy (non-hydrogen) atoms. The topological polar surface area (TPSA) is 29.7 Å². The number of hydrogen-bond donors (Lipinski definition) is 0. The van der Waals surface area contributed by atoms with Gasteiger partial charge in [-0.1, -0.05) is 13.8 Å². The van der Waals surface area contributed by atoms with E-state index >= 15 is 0 Å². The van der Waals surface area contributed by atoms with Crippen molar-refractivity contribution in [3.8, 4) is 0 Å². The highest BCUT2D eigenvalue weighted by molar-refractivity contribution is 6.15. The summed E-state index contributed by atoms with van der Waals surface area (Å²) in [6, 6.07) is 11.0. The number of benzene rings is 1. The molecule has 0 unspecified atom stereocenters. The van der Waals surface area contributed by atoms with Gasteiger partial charge in [0.05, 0.1) is 23.0 Å². The normalized spacial score (nSPS) is 18.3. The number of nitrogens with zero attached hydrogens (tertiary/aromatic N) is 3. The highest BCUT2D eigenvalue weighted by Gasteiger charge is 2.44. The SMILES string of the molecule is CC1(C)N=C(c2cnn3cccc3c2)c2ccc(F)cc2C1(C)C. The van der Waals surface area contributed by atoms with Crippen molar-refractivity contribution in [1.29, 1.82) is 0 Å². The molecule has 2 aromatic heterocycles. The molecule has 122 valence electrons. The predicted octanol–water partition coefficient (Wildman–Crippen LogP) is 4.38. The van der Waals surface area contributed by atoms with E-state index < -0.39 is 0 Å². The smallest absolute Gasteiger partial charge is 0.123 e. The number of fused-ring (bicyclic) bond motifs is 2. The summed E-state index contributed by atoms with van der Waals surface area (Å²) in [5.74, 6) is -0.209. The summed E-state index contributed by atoms with van der Waals surface area (Å²) < 4.78 is 15.8. The molecule has 0 saturated carbocycles. The fourth-order valence-electron chi connectivity index (χ4n) is 3.32. The minimum absolute atomic E-state index is 0.209. The molecule has 1 aromatic carbocycles. The van der Waals surface area contributed by atoms with Crippen LogP contribution >= 0.6 is 0 Å². The van der Waals surface area contributed by atoms with Gasteiger partial charge in [0.2, 0.25) is 0 Å². The molecule has 3 aromatic rings. The van der Waals surface area contributed by atoms with Crippen molar-refractivity contribution in [2.24, 2.45) is 4.99 Å². The molecule has 1 aliphatic heterocycles. The maximum atomic E-state index is 13.9. The van der Waals surface area contributed by atoms with Crippen molar-refractivity contribution in [1.82, 2.24) is 9.61 Å². The zero-order valence-electron chi connectivity index (χ0n) is 14.3. The minimum Gasteiger partial charge on any atom is -0.277 e. The Morgan fingerprint density at radius 1 is 1.04 bits per heavy atom. The molecule has 0 amide bonds. The summed E-state index contributed by atoms with van der Waals surface area (Å²) in [4.78, 5) is 5.04. The molecular weight excluding hydrogens is 301 g/mol. The predicted molar refractivity (Wildman–Crippen MR) is 94.3 cm³/mol. The third-order valence-corrected chi connectivity index (χ3v) is 5.49. The Morgan fingerprint density at radius 2 is 1.83 bits per heavy atom. The van der Waals surface area contributed by atoms with Crippen LogP contribution in [-0.2, 0) is 5.41 Å². The van der Waals surface area contributed by atoms with Crippen LogP contribution in [-0.4, -0.2) is 20.9 Å². The second-order valence-electron chi connectivity index (χ2n) is 7.46. The first-order valence-corrected chi connectivity index (χ1v) is 8.14. The van der Waals surface area contributed by atoms with E-state index in [0.717, 1.165) is 27.9 Å². The molecule has 1 aliphatic rings. The zero-order valence-corrected chi connectivity index (χ0v) is 14.3. The van der Waals surface area contributed by atoms with Crippen molar-refractivity contribution in [2.75, 3.05) is 0 Å². The van der Waals surface area contributed by atoms with Crippen LogP contribution in [0, 0.1) is 5.82 Å². The van der Waals surface area contributed by atoms with E-state index in [1.165, 1.54) is 6.07 Å². The summed E-state index contributed by atoms with van der Waals surface area (Å²) in [7, 11) is 0. The molecule has 4 rings (SSSR count).